The van der Waals surface area contributed by atoms with E-state index >= 15 is 0 Å². The Balaban J connectivity index is 1.93. The molecule has 0 saturated carbocycles. The first-order chi connectivity index (χ1) is 10.5. The molecule has 7 heteroatoms. The van der Waals surface area contributed by atoms with Crippen molar-refractivity contribution in [2.75, 3.05) is 11.9 Å². The Labute approximate surface area is 139 Å². The quantitative estimate of drug-likeness (QED) is 0.807. The van der Waals surface area contributed by atoms with Crippen LogP contribution in [0.3, 0.4) is 0 Å². The third kappa shape index (κ3) is 4.54. The van der Waals surface area contributed by atoms with E-state index in [1.807, 2.05) is 0 Å². The van der Waals surface area contributed by atoms with E-state index in [9.17, 15) is 14.0 Å². The van der Waals surface area contributed by atoms with Gasteiger partial charge in [0.15, 0.2) is 6.61 Å². The predicted octanol–water partition coefficient (Wildman–Crippen LogP) is 4.04. The molecule has 114 valence electrons. The number of esters is 1. The number of carbonyl (C=O) groups excluding carboxylic acids is 2. The maximum absolute atomic E-state index is 13.1. The maximum Gasteiger partial charge on any atom is 0.339 e. The minimum Gasteiger partial charge on any atom is -0.452 e. The van der Waals surface area contributed by atoms with Gasteiger partial charge in [0.05, 0.1) is 5.56 Å². The Morgan fingerprint density at radius 2 is 2.00 bits per heavy atom. The fourth-order valence-electron chi connectivity index (χ4n) is 1.63. The average Bonchev–Trinajstić information content (AvgIpc) is 2.47. The van der Waals surface area contributed by atoms with E-state index in [2.05, 4.69) is 21.2 Å². The van der Waals surface area contributed by atoms with Crippen LogP contribution >= 0.6 is 27.5 Å². The number of hydrogen-bond donors (Lipinski definition) is 1. The van der Waals surface area contributed by atoms with E-state index in [4.69, 9.17) is 16.3 Å². The summed E-state index contributed by atoms with van der Waals surface area (Å²) in [6.07, 6.45) is 0. The second-order valence-electron chi connectivity index (χ2n) is 4.26. The van der Waals surface area contributed by atoms with Gasteiger partial charge in [0, 0.05) is 15.2 Å². The standard InChI is InChI=1S/C15H10BrClFNO3/c16-13-5-4-10(18)7-12(13)15(21)22-8-14(20)19-11-3-1-2-9(17)6-11/h1-7H,8H2,(H,19,20). The SMILES string of the molecule is O=C(COC(=O)c1cc(F)ccc1Br)Nc1cccc(Cl)c1. The number of amides is 1. The molecule has 1 amide bonds. The van der Waals surface area contributed by atoms with Crippen molar-refractivity contribution in [2.45, 2.75) is 0 Å². The summed E-state index contributed by atoms with van der Waals surface area (Å²) in [4.78, 5) is 23.5. The van der Waals surface area contributed by atoms with Crippen LogP contribution in [0.25, 0.3) is 0 Å². The normalized spacial score (nSPS) is 10.1. The van der Waals surface area contributed by atoms with Gasteiger partial charge in [-0.2, -0.15) is 0 Å². The number of benzene rings is 2. The van der Waals surface area contributed by atoms with Crippen LogP contribution in [-0.2, 0) is 9.53 Å². The summed E-state index contributed by atoms with van der Waals surface area (Å²) in [5.41, 5.74) is 0.496. The Morgan fingerprint density at radius 1 is 1.23 bits per heavy atom. The molecule has 0 bridgehead atoms. The van der Waals surface area contributed by atoms with Gasteiger partial charge in [0.2, 0.25) is 0 Å². The minimum absolute atomic E-state index is 0.00977. The van der Waals surface area contributed by atoms with E-state index in [-0.39, 0.29) is 5.56 Å². The highest BCUT2D eigenvalue weighted by Crippen LogP contribution is 2.19. The van der Waals surface area contributed by atoms with Crippen LogP contribution in [0.5, 0.6) is 0 Å². The lowest BCUT2D eigenvalue weighted by Crippen LogP contribution is -2.21. The van der Waals surface area contributed by atoms with Gasteiger partial charge in [0.25, 0.3) is 5.91 Å². The summed E-state index contributed by atoms with van der Waals surface area (Å²) in [6, 6.07) is 10.2. The lowest BCUT2D eigenvalue weighted by Gasteiger charge is -2.08. The molecule has 1 N–H and O–H groups in total. The van der Waals surface area contributed by atoms with Crippen LogP contribution in [-0.4, -0.2) is 18.5 Å². The molecule has 2 aromatic rings. The first-order valence-electron chi connectivity index (χ1n) is 6.13. The number of carbonyl (C=O) groups is 2. The largest absolute Gasteiger partial charge is 0.452 e. The third-order valence-electron chi connectivity index (χ3n) is 2.59. The molecule has 0 fully saturated rings. The highest BCUT2D eigenvalue weighted by molar-refractivity contribution is 9.10. The number of halogens is 3. The number of ether oxygens (including phenoxy) is 1. The molecule has 0 aliphatic rings. The van der Waals surface area contributed by atoms with E-state index in [0.29, 0.717) is 15.2 Å². The van der Waals surface area contributed by atoms with Crippen molar-refractivity contribution in [1.82, 2.24) is 0 Å². The molecule has 0 radical (unpaired) electrons. The number of anilines is 1. The molecular weight excluding hydrogens is 377 g/mol. The average molecular weight is 387 g/mol. The highest BCUT2D eigenvalue weighted by Gasteiger charge is 2.14. The van der Waals surface area contributed by atoms with E-state index < -0.39 is 24.3 Å². The summed E-state index contributed by atoms with van der Waals surface area (Å²) in [7, 11) is 0. The zero-order valence-electron chi connectivity index (χ0n) is 11.1. The van der Waals surface area contributed by atoms with Crippen LogP contribution in [0, 0.1) is 5.82 Å². The fourth-order valence-corrected chi connectivity index (χ4v) is 2.22. The number of nitrogens with one attached hydrogen (secondary N) is 1. The third-order valence-corrected chi connectivity index (χ3v) is 3.52. The Bertz CT molecular complexity index is 724. The summed E-state index contributed by atoms with van der Waals surface area (Å²) in [5.74, 6) is -1.89. The molecule has 4 nitrogen and oxygen atoms in total. The predicted molar refractivity (Wildman–Crippen MR) is 84.5 cm³/mol. The Hall–Kier alpha value is -1.92. The second-order valence-corrected chi connectivity index (χ2v) is 5.55. The van der Waals surface area contributed by atoms with Gasteiger partial charge in [-0.05, 0) is 52.3 Å². The molecule has 2 aromatic carbocycles. The number of hydrogen-bond acceptors (Lipinski definition) is 3. The zero-order valence-corrected chi connectivity index (χ0v) is 13.4. The smallest absolute Gasteiger partial charge is 0.339 e. The van der Waals surface area contributed by atoms with Crippen molar-refractivity contribution >= 4 is 45.1 Å². The minimum atomic E-state index is -0.799. The molecule has 0 unspecified atom stereocenters. The lowest BCUT2D eigenvalue weighted by molar-refractivity contribution is -0.119. The molecule has 0 saturated heterocycles. The number of rotatable bonds is 4. The first-order valence-corrected chi connectivity index (χ1v) is 7.30. The highest BCUT2D eigenvalue weighted by atomic mass is 79.9. The zero-order chi connectivity index (χ0) is 16.1. The van der Waals surface area contributed by atoms with E-state index in [1.165, 1.54) is 12.1 Å². The molecule has 22 heavy (non-hydrogen) atoms. The second kappa shape index (κ2) is 7.38. The van der Waals surface area contributed by atoms with E-state index in [1.54, 1.807) is 24.3 Å². The van der Waals surface area contributed by atoms with Crippen LogP contribution in [0.2, 0.25) is 5.02 Å². The van der Waals surface area contributed by atoms with Gasteiger partial charge in [-0.25, -0.2) is 9.18 Å². The van der Waals surface area contributed by atoms with Crippen LogP contribution in [0.4, 0.5) is 10.1 Å². The van der Waals surface area contributed by atoms with Gasteiger partial charge < -0.3 is 10.1 Å². The van der Waals surface area contributed by atoms with Gasteiger partial charge in [-0.15, -0.1) is 0 Å². The van der Waals surface area contributed by atoms with Gasteiger partial charge in [0.1, 0.15) is 5.82 Å². The molecule has 0 heterocycles. The fraction of sp³-hybridized carbons (Fsp3) is 0.0667. The summed E-state index contributed by atoms with van der Waals surface area (Å²) in [6.45, 7) is -0.492. The molecule has 0 aliphatic carbocycles. The van der Waals surface area contributed by atoms with Crippen LogP contribution < -0.4 is 5.32 Å². The van der Waals surface area contributed by atoms with Gasteiger partial charge in [-0.3, -0.25) is 4.79 Å². The van der Waals surface area contributed by atoms with Crippen molar-refractivity contribution in [2.24, 2.45) is 0 Å². The van der Waals surface area contributed by atoms with Gasteiger partial charge >= 0.3 is 5.97 Å². The van der Waals surface area contributed by atoms with Crippen LogP contribution in [0.15, 0.2) is 46.9 Å². The van der Waals surface area contributed by atoms with E-state index in [0.717, 1.165) is 6.07 Å². The van der Waals surface area contributed by atoms with Crippen molar-refractivity contribution < 1.29 is 18.7 Å². The molecule has 0 atom stereocenters. The Kier molecular flexibility index (Phi) is 5.51. The van der Waals surface area contributed by atoms with Crippen molar-refractivity contribution in [1.29, 1.82) is 0 Å². The van der Waals surface area contributed by atoms with Gasteiger partial charge in [-0.1, -0.05) is 17.7 Å². The topological polar surface area (TPSA) is 55.4 Å². The molecule has 0 aromatic heterocycles. The lowest BCUT2D eigenvalue weighted by atomic mass is 10.2. The first kappa shape index (κ1) is 16.5. The molecule has 0 spiro atoms. The Morgan fingerprint density at radius 3 is 2.73 bits per heavy atom. The maximum atomic E-state index is 13.1. The van der Waals surface area contributed by atoms with Crippen molar-refractivity contribution in [3.8, 4) is 0 Å². The molecule has 0 aliphatic heterocycles. The summed E-state index contributed by atoms with van der Waals surface area (Å²) in [5, 5.41) is 3.00. The molecular formula is C15H10BrClFNO3. The summed E-state index contributed by atoms with van der Waals surface area (Å²) >= 11 is 8.91. The molecule has 2 rings (SSSR count). The van der Waals surface area contributed by atoms with Crippen molar-refractivity contribution in [3.05, 3.63) is 63.3 Å². The summed E-state index contributed by atoms with van der Waals surface area (Å²) < 4.78 is 18.3. The van der Waals surface area contributed by atoms with Crippen LogP contribution in [0.1, 0.15) is 10.4 Å². The monoisotopic (exact) mass is 385 g/mol. The van der Waals surface area contributed by atoms with Crippen molar-refractivity contribution in [3.63, 3.8) is 0 Å².